The SMILES string of the molecule is CC(=O)c1cccc(NC(=O)C(C)Oc2cc(Cl)c(Cl)cc2Cl)c1. The number of rotatable bonds is 5. The molecule has 1 unspecified atom stereocenters. The number of benzene rings is 2. The van der Waals surface area contributed by atoms with Crippen LogP contribution >= 0.6 is 34.8 Å². The lowest BCUT2D eigenvalue weighted by atomic mass is 10.1. The standard InChI is InChI=1S/C17H14Cl3NO3/c1-9(22)11-4-3-5-12(6-11)21-17(23)10(2)24-16-8-14(19)13(18)7-15(16)20/h3-8,10H,1-2H3,(H,21,23). The van der Waals surface area contributed by atoms with Crippen LogP contribution < -0.4 is 10.1 Å². The molecule has 0 aliphatic heterocycles. The van der Waals surface area contributed by atoms with Gasteiger partial charge in [-0.1, -0.05) is 46.9 Å². The lowest BCUT2D eigenvalue weighted by Gasteiger charge is -2.16. The Balaban J connectivity index is 2.09. The van der Waals surface area contributed by atoms with Crippen molar-refractivity contribution in [3.05, 3.63) is 57.0 Å². The first-order valence-corrected chi connectivity index (χ1v) is 8.14. The summed E-state index contributed by atoms with van der Waals surface area (Å²) < 4.78 is 5.54. The van der Waals surface area contributed by atoms with E-state index >= 15 is 0 Å². The molecule has 1 N–H and O–H groups in total. The zero-order chi connectivity index (χ0) is 17.9. The predicted molar refractivity (Wildman–Crippen MR) is 96.6 cm³/mol. The van der Waals surface area contributed by atoms with Gasteiger partial charge in [-0.05, 0) is 32.0 Å². The number of halogens is 3. The predicted octanol–water partition coefficient (Wildman–Crippen LogP) is 5.26. The Morgan fingerprint density at radius 2 is 1.71 bits per heavy atom. The van der Waals surface area contributed by atoms with Gasteiger partial charge in [0.05, 0.1) is 15.1 Å². The minimum absolute atomic E-state index is 0.0852. The number of ether oxygens (including phenoxy) is 1. The van der Waals surface area contributed by atoms with Crippen LogP contribution in [-0.2, 0) is 4.79 Å². The van der Waals surface area contributed by atoms with Gasteiger partial charge in [-0.25, -0.2) is 0 Å². The first-order valence-electron chi connectivity index (χ1n) is 7.01. The third-order valence-corrected chi connectivity index (χ3v) is 4.20. The second-order valence-corrected chi connectivity index (χ2v) is 6.30. The first kappa shape index (κ1) is 18.6. The monoisotopic (exact) mass is 385 g/mol. The summed E-state index contributed by atoms with van der Waals surface area (Å²) in [6.07, 6.45) is -0.833. The van der Waals surface area contributed by atoms with Crippen LogP contribution in [0.4, 0.5) is 5.69 Å². The van der Waals surface area contributed by atoms with E-state index in [0.717, 1.165) is 0 Å². The normalized spacial score (nSPS) is 11.7. The van der Waals surface area contributed by atoms with Gasteiger partial charge in [0.1, 0.15) is 5.75 Å². The van der Waals surface area contributed by atoms with Crippen molar-refractivity contribution in [2.75, 3.05) is 5.32 Å². The second kappa shape index (κ2) is 7.88. The smallest absolute Gasteiger partial charge is 0.265 e. The number of hydrogen-bond donors (Lipinski definition) is 1. The summed E-state index contributed by atoms with van der Waals surface area (Å²) in [7, 11) is 0. The zero-order valence-corrected chi connectivity index (χ0v) is 15.2. The van der Waals surface area contributed by atoms with Gasteiger partial charge in [-0.15, -0.1) is 0 Å². The first-order chi connectivity index (χ1) is 11.3. The van der Waals surface area contributed by atoms with E-state index in [0.29, 0.717) is 16.3 Å². The number of hydrogen-bond acceptors (Lipinski definition) is 3. The molecule has 0 fully saturated rings. The Morgan fingerprint density at radius 3 is 2.38 bits per heavy atom. The Morgan fingerprint density at radius 1 is 1.04 bits per heavy atom. The van der Waals surface area contributed by atoms with E-state index in [4.69, 9.17) is 39.5 Å². The van der Waals surface area contributed by atoms with Crippen molar-refractivity contribution < 1.29 is 14.3 Å². The Kier molecular flexibility index (Phi) is 6.10. The fourth-order valence-electron chi connectivity index (χ4n) is 1.90. The molecule has 0 saturated carbocycles. The molecular formula is C17H14Cl3NO3. The maximum absolute atomic E-state index is 12.2. The van der Waals surface area contributed by atoms with Crippen molar-refractivity contribution in [2.45, 2.75) is 20.0 Å². The largest absolute Gasteiger partial charge is 0.479 e. The zero-order valence-electron chi connectivity index (χ0n) is 12.9. The fraction of sp³-hybridized carbons (Fsp3) is 0.176. The molecule has 0 aliphatic carbocycles. The summed E-state index contributed by atoms with van der Waals surface area (Å²) in [5, 5.41) is 3.51. The number of anilines is 1. The van der Waals surface area contributed by atoms with E-state index in [1.807, 2.05) is 0 Å². The van der Waals surface area contributed by atoms with E-state index in [2.05, 4.69) is 5.32 Å². The van der Waals surface area contributed by atoms with Gasteiger partial charge in [0.25, 0.3) is 5.91 Å². The minimum atomic E-state index is -0.833. The third kappa shape index (κ3) is 4.63. The summed E-state index contributed by atoms with van der Waals surface area (Å²) >= 11 is 17.8. The molecule has 2 aromatic rings. The van der Waals surface area contributed by atoms with E-state index in [1.54, 1.807) is 31.2 Å². The average Bonchev–Trinajstić information content (AvgIpc) is 2.52. The van der Waals surface area contributed by atoms with Crippen molar-refractivity contribution in [3.8, 4) is 5.75 Å². The highest BCUT2D eigenvalue weighted by molar-refractivity contribution is 6.43. The van der Waals surface area contributed by atoms with Crippen LogP contribution in [0.25, 0.3) is 0 Å². The van der Waals surface area contributed by atoms with Gasteiger partial charge in [0, 0.05) is 17.3 Å². The molecule has 0 heterocycles. The van der Waals surface area contributed by atoms with E-state index in [-0.39, 0.29) is 21.6 Å². The molecular weight excluding hydrogens is 373 g/mol. The van der Waals surface area contributed by atoms with Crippen molar-refractivity contribution in [1.29, 1.82) is 0 Å². The number of carbonyl (C=O) groups excluding carboxylic acids is 2. The van der Waals surface area contributed by atoms with Gasteiger partial charge in [-0.3, -0.25) is 9.59 Å². The molecule has 24 heavy (non-hydrogen) atoms. The topological polar surface area (TPSA) is 55.4 Å². The van der Waals surface area contributed by atoms with Crippen molar-refractivity contribution >= 4 is 52.2 Å². The summed E-state index contributed by atoms with van der Waals surface area (Å²) in [5.74, 6) is -0.220. The molecule has 0 bridgehead atoms. The number of nitrogens with one attached hydrogen (secondary N) is 1. The van der Waals surface area contributed by atoms with Crippen LogP contribution in [0, 0.1) is 0 Å². The second-order valence-electron chi connectivity index (χ2n) is 5.08. The number of amides is 1. The number of ketones is 1. The van der Waals surface area contributed by atoms with E-state index in [9.17, 15) is 9.59 Å². The highest BCUT2D eigenvalue weighted by Gasteiger charge is 2.18. The highest BCUT2D eigenvalue weighted by atomic mass is 35.5. The summed E-state index contributed by atoms with van der Waals surface area (Å²) in [4.78, 5) is 23.6. The van der Waals surface area contributed by atoms with Crippen LogP contribution in [-0.4, -0.2) is 17.8 Å². The molecule has 0 radical (unpaired) electrons. The summed E-state index contributed by atoms with van der Waals surface area (Å²) in [6, 6.07) is 9.54. The summed E-state index contributed by atoms with van der Waals surface area (Å²) in [6.45, 7) is 3.03. The van der Waals surface area contributed by atoms with Gasteiger partial charge in [-0.2, -0.15) is 0 Å². The fourth-order valence-corrected chi connectivity index (χ4v) is 2.48. The maximum Gasteiger partial charge on any atom is 0.265 e. The quantitative estimate of drug-likeness (QED) is 0.563. The van der Waals surface area contributed by atoms with E-state index < -0.39 is 12.0 Å². The molecule has 1 atom stereocenters. The molecule has 7 heteroatoms. The maximum atomic E-state index is 12.2. The molecule has 0 saturated heterocycles. The van der Waals surface area contributed by atoms with Crippen molar-refractivity contribution in [2.24, 2.45) is 0 Å². The Labute approximate surface area is 154 Å². The van der Waals surface area contributed by atoms with Gasteiger partial charge in [0.2, 0.25) is 0 Å². The molecule has 0 spiro atoms. The average molecular weight is 387 g/mol. The lowest BCUT2D eigenvalue weighted by molar-refractivity contribution is -0.122. The van der Waals surface area contributed by atoms with Gasteiger partial charge in [0.15, 0.2) is 11.9 Å². The molecule has 0 aromatic heterocycles. The van der Waals surface area contributed by atoms with Gasteiger partial charge < -0.3 is 10.1 Å². The Bertz CT molecular complexity index is 793. The van der Waals surface area contributed by atoms with Crippen LogP contribution in [0.1, 0.15) is 24.2 Å². The van der Waals surface area contributed by atoms with Crippen LogP contribution in [0.15, 0.2) is 36.4 Å². The highest BCUT2D eigenvalue weighted by Crippen LogP contribution is 2.34. The molecule has 2 rings (SSSR count). The number of carbonyl (C=O) groups is 2. The van der Waals surface area contributed by atoms with Crippen molar-refractivity contribution in [1.82, 2.24) is 0 Å². The molecule has 2 aromatic carbocycles. The molecule has 0 aliphatic rings. The van der Waals surface area contributed by atoms with Gasteiger partial charge >= 0.3 is 0 Å². The van der Waals surface area contributed by atoms with E-state index in [1.165, 1.54) is 19.1 Å². The molecule has 126 valence electrons. The molecule has 4 nitrogen and oxygen atoms in total. The minimum Gasteiger partial charge on any atom is -0.479 e. The number of Topliss-reactive ketones (excluding diaryl/α,β-unsaturated/α-hetero) is 1. The third-order valence-electron chi connectivity index (χ3n) is 3.18. The molecule has 1 amide bonds. The van der Waals surface area contributed by atoms with Crippen LogP contribution in [0.2, 0.25) is 15.1 Å². The lowest BCUT2D eigenvalue weighted by Crippen LogP contribution is -2.30. The van der Waals surface area contributed by atoms with Crippen LogP contribution in [0.3, 0.4) is 0 Å². The van der Waals surface area contributed by atoms with Crippen molar-refractivity contribution in [3.63, 3.8) is 0 Å². The Hall–Kier alpha value is -1.75. The van der Waals surface area contributed by atoms with Crippen LogP contribution in [0.5, 0.6) is 5.75 Å². The summed E-state index contributed by atoms with van der Waals surface area (Å²) in [5.41, 5.74) is 1.01.